The smallest absolute Gasteiger partial charge is 0.232 e. The van der Waals surface area contributed by atoms with Gasteiger partial charge in [0.15, 0.2) is 0 Å². The van der Waals surface area contributed by atoms with E-state index in [9.17, 15) is 9.18 Å². The molecule has 1 aliphatic carbocycles. The summed E-state index contributed by atoms with van der Waals surface area (Å²) in [7, 11) is 1.83. The van der Waals surface area contributed by atoms with Crippen molar-refractivity contribution in [1.29, 1.82) is 0 Å². The maximum Gasteiger partial charge on any atom is 0.232 e. The topological polar surface area (TPSA) is 20.3 Å². The monoisotopic (exact) mass is 235 g/mol. The Labute approximate surface area is 101 Å². The molecular weight excluding hydrogens is 217 g/mol. The summed E-state index contributed by atoms with van der Waals surface area (Å²) < 4.78 is 12.9. The highest BCUT2D eigenvalue weighted by Crippen LogP contribution is 2.45. The molecule has 3 heteroatoms. The molecule has 0 spiro atoms. The summed E-state index contributed by atoms with van der Waals surface area (Å²) in [6, 6.07) is 6.37. The summed E-state index contributed by atoms with van der Waals surface area (Å²) in [4.78, 5) is 14.1. The van der Waals surface area contributed by atoms with Crippen molar-refractivity contribution in [3.63, 3.8) is 0 Å². The number of amides is 1. The van der Waals surface area contributed by atoms with Gasteiger partial charge >= 0.3 is 0 Å². The molecule has 1 aromatic rings. The number of rotatable bonds is 3. The summed E-state index contributed by atoms with van der Waals surface area (Å²) in [5.74, 6) is -0.0858. The highest BCUT2D eigenvalue weighted by molar-refractivity contribution is 5.89. The van der Waals surface area contributed by atoms with E-state index in [-0.39, 0.29) is 11.7 Å². The van der Waals surface area contributed by atoms with Gasteiger partial charge in [-0.25, -0.2) is 4.39 Å². The summed E-state index contributed by atoms with van der Waals surface area (Å²) in [6.45, 7) is 2.68. The second kappa shape index (κ2) is 4.47. The van der Waals surface area contributed by atoms with Gasteiger partial charge in [-0.3, -0.25) is 4.79 Å². The molecule has 2 rings (SSSR count). The van der Waals surface area contributed by atoms with Crippen LogP contribution in [-0.4, -0.2) is 24.4 Å². The average molecular weight is 235 g/mol. The van der Waals surface area contributed by atoms with E-state index in [0.717, 1.165) is 24.8 Å². The fourth-order valence-electron chi connectivity index (χ4n) is 2.43. The largest absolute Gasteiger partial charge is 0.345 e. The first-order chi connectivity index (χ1) is 8.10. The molecule has 0 atom stereocenters. The predicted molar refractivity (Wildman–Crippen MR) is 65.2 cm³/mol. The first kappa shape index (κ1) is 12.1. The molecule has 1 aliphatic rings. The molecule has 1 saturated carbocycles. The Morgan fingerprint density at radius 3 is 2.35 bits per heavy atom. The fraction of sp³-hybridized carbons (Fsp3) is 0.500. The third-order valence-electron chi connectivity index (χ3n) is 3.83. The van der Waals surface area contributed by atoms with Crippen molar-refractivity contribution >= 4 is 5.91 Å². The SMILES string of the molecule is CCN(C)C(=O)C1(c2ccc(F)cc2)CCC1. The van der Waals surface area contributed by atoms with Crippen molar-refractivity contribution in [2.75, 3.05) is 13.6 Å². The molecule has 1 amide bonds. The van der Waals surface area contributed by atoms with Crippen LogP contribution in [0.25, 0.3) is 0 Å². The molecule has 0 heterocycles. The van der Waals surface area contributed by atoms with Gasteiger partial charge in [-0.1, -0.05) is 18.6 Å². The molecule has 2 nitrogen and oxygen atoms in total. The number of halogens is 1. The van der Waals surface area contributed by atoms with E-state index in [1.807, 2.05) is 14.0 Å². The number of hydrogen-bond acceptors (Lipinski definition) is 1. The van der Waals surface area contributed by atoms with E-state index in [1.54, 1.807) is 17.0 Å². The lowest BCUT2D eigenvalue weighted by molar-refractivity contribution is -0.139. The molecule has 0 N–H and O–H groups in total. The Morgan fingerprint density at radius 2 is 1.94 bits per heavy atom. The van der Waals surface area contributed by atoms with E-state index < -0.39 is 5.41 Å². The lowest BCUT2D eigenvalue weighted by Gasteiger charge is -2.43. The number of hydrogen-bond donors (Lipinski definition) is 0. The van der Waals surface area contributed by atoms with Crippen molar-refractivity contribution in [2.24, 2.45) is 0 Å². The second-order valence-electron chi connectivity index (χ2n) is 4.76. The van der Waals surface area contributed by atoms with Crippen LogP contribution in [0.4, 0.5) is 4.39 Å². The molecule has 92 valence electrons. The minimum absolute atomic E-state index is 0.165. The molecule has 0 saturated heterocycles. The summed E-state index contributed by atoms with van der Waals surface area (Å²) >= 11 is 0. The normalized spacial score (nSPS) is 17.4. The Kier molecular flexibility index (Phi) is 3.18. The number of nitrogens with zero attached hydrogens (tertiary/aromatic N) is 1. The van der Waals surface area contributed by atoms with Crippen LogP contribution in [0.15, 0.2) is 24.3 Å². The predicted octanol–water partition coefficient (Wildman–Crippen LogP) is 2.73. The zero-order chi connectivity index (χ0) is 12.5. The van der Waals surface area contributed by atoms with Gasteiger partial charge in [0, 0.05) is 13.6 Å². The van der Waals surface area contributed by atoms with Gasteiger partial charge in [0.05, 0.1) is 5.41 Å². The molecular formula is C14H18FNO. The van der Waals surface area contributed by atoms with Crippen molar-refractivity contribution in [1.82, 2.24) is 4.90 Å². The Balaban J connectivity index is 2.31. The molecule has 0 radical (unpaired) electrons. The summed E-state index contributed by atoms with van der Waals surface area (Å²) in [5, 5.41) is 0. The van der Waals surface area contributed by atoms with Crippen LogP contribution < -0.4 is 0 Å². The quantitative estimate of drug-likeness (QED) is 0.789. The van der Waals surface area contributed by atoms with Crippen LogP contribution in [0.5, 0.6) is 0 Å². The molecule has 1 fully saturated rings. The van der Waals surface area contributed by atoms with E-state index in [0.29, 0.717) is 6.54 Å². The molecule has 0 bridgehead atoms. The summed E-state index contributed by atoms with van der Waals surface area (Å²) in [5.41, 5.74) is 0.564. The van der Waals surface area contributed by atoms with E-state index in [4.69, 9.17) is 0 Å². The molecule has 0 unspecified atom stereocenters. The van der Waals surface area contributed by atoms with Crippen molar-refractivity contribution in [2.45, 2.75) is 31.6 Å². The van der Waals surface area contributed by atoms with Crippen LogP contribution in [0, 0.1) is 5.82 Å². The molecule has 17 heavy (non-hydrogen) atoms. The number of likely N-dealkylation sites (N-methyl/N-ethyl adjacent to an activating group) is 1. The maximum absolute atomic E-state index is 12.9. The molecule has 1 aromatic carbocycles. The van der Waals surface area contributed by atoms with Crippen LogP contribution in [0.2, 0.25) is 0 Å². The fourth-order valence-corrected chi connectivity index (χ4v) is 2.43. The van der Waals surface area contributed by atoms with Crippen LogP contribution >= 0.6 is 0 Å². The Morgan fingerprint density at radius 1 is 1.35 bits per heavy atom. The van der Waals surface area contributed by atoms with Gasteiger partial charge in [-0.05, 0) is 37.5 Å². The summed E-state index contributed by atoms with van der Waals surface area (Å²) in [6.07, 6.45) is 2.82. The van der Waals surface area contributed by atoms with Gasteiger partial charge in [-0.15, -0.1) is 0 Å². The van der Waals surface area contributed by atoms with Gasteiger partial charge in [0.25, 0.3) is 0 Å². The average Bonchev–Trinajstić information content (AvgIpc) is 2.29. The highest BCUT2D eigenvalue weighted by atomic mass is 19.1. The highest BCUT2D eigenvalue weighted by Gasteiger charge is 2.46. The minimum atomic E-state index is -0.390. The van der Waals surface area contributed by atoms with Gasteiger partial charge in [-0.2, -0.15) is 0 Å². The first-order valence-corrected chi connectivity index (χ1v) is 6.12. The standard InChI is InChI=1S/C14H18FNO/c1-3-16(2)13(17)14(9-4-10-14)11-5-7-12(15)8-6-11/h5-8H,3-4,9-10H2,1-2H3. The van der Waals surface area contributed by atoms with Crippen LogP contribution in [-0.2, 0) is 10.2 Å². The van der Waals surface area contributed by atoms with E-state index >= 15 is 0 Å². The Hall–Kier alpha value is -1.38. The third kappa shape index (κ3) is 1.94. The van der Waals surface area contributed by atoms with Crippen LogP contribution in [0.3, 0.4) is 0 Å². The number of benzene rings is 1. The first-order valence-electron chi connectivity index (χ1n) is 6.12. The van der Waals surface area contributed by atoms with Crippen molar-refractivity contribution in [3.8, 4) is 0 Å². The lowest BCUT2D eigenvalue weighted by atomic mass is 9.63. The lowest BCUT2D eigenvalue weighted by Crippen LogP contribution is -2.49. The van der Waals surface area contributed by atoms with E-state index in [1.165, 1.54) is 12.1 Å². The van der Waals surface area contributed by atoms with Crippen molar-refractivity contribution in [3.05, 3.63) is 35.6 Å². The van der Waals surface area contributed by atoms with Crippen LogP contribution in [0.1, 0.15) is 31.7 Å². The second-order valence-corrected chi connectivity index (χ2v) is 4.76. The van der Waals surface area contributed by atoms with E-state index in [2.05, 4.69) is 0 Å². The zero-order valence-electron chi connectivity index (χ0n) is 10.4. The molecule has 0 aromatic heterocycles. The maximum atomic E-state index is 12.9. The number of carbonyl (C=O) groups is 1. The third-order valence-corrected chi connectivity index (χ3v) is 3.83. The number of carbonyl (C=O) groups excluding carboxylic acids is 1. The molecule has 0 aliphatic heterocycles. The zero-order valence-corrected chi connectivity index (χ0v) is 10.4. The van der Waals surface area contributed by atoms with Gasteiger partial charge < -0.3 is 4.90 Å². The minimum Gasteiger partial charge on any atom is -0.345 e. The Bertz CT molecular complexity index is 409. The van der Waals surface area contributed by atoms with Crippen molar-refractivity contribution < 1.29 is 9.18 Å². The van der Waals surface area contributed by atoms with Gasteiger partial charge in [0.2, 0.25) is 5.91 Å². The van der Waals surface area contributed by atoms with Gasteiger partial charge in [0.1, 0.15) is 5.82 Å².